The van der Waals surface area contributed by atoms with Gasteiger partial charge in [-0.15, -0.1) is 11.3 Å². The summed E-state index contributed by atoms with van der Waals surface area (Å²) >= 11 is 1.27. The fourth-order valence-corrected chi connectivity index (χ4v) is 7.08. The van der Waals surface area contributed by atoms with E-state index in [1.807, 2.05) is 67.6 Å². The third-order valence-corrected chi connectivity index (χ3v) is 9.27. The van der Waals surface area contributed by atoms with Crippen molar-refractivity contribution in [2.24, 2.45) is 5.92 Å². The minimum absolute atomic E-state index is 0.137. The minimum Gasteiger partial charge on any atom is -0.497 e. The van der Waals surface area contributed by atoms with Crippen LogP contribution in [0.5, 0.6) is 5.75 Å². The lowest BCUT2D eigenvalue weighted by molar-refractivity contribution is -0.126. The molecule has 33 heavy (non-hydrogen) atoms. The number of carbonyl (C=O) groups excluding carboxylic acids is 1. The van der Waals surface area contributed by atoms with Crippen LogP contribution in [0.25, 0.3) is 0 Å². The van der Waals surface area contributed by atoms with E-state index in [1.54, 1.807) is 13.2 Å². The Morgan fingerprint density at radius 2 is 1.76 bits per heavy atom. The van der Waals surface area contributed by atoms with Crippen LogP contribution in [0.1, 0.15) is 34.9 Å². The maximum atomic E-state index is 13.3. The molecule has 0 saturated carbocycles. The molecule has 6 nitrogen and oxygen atoms in total. The topological polar surface area (TPSA) is 75.7 Å². The second-order valence-electron chi connectivity index (χ2n) is 8.19. The number of amides is 1. The smallest absolute Gasteiger partial charge is 0.252 e. The number of hydrogen-bond donors (Lipinski definition) is 1. The number of rotatable bonds is 7. The molecule has 1 saturated heterocycles. The summed E-state index contributed by atoms with van der Waals surface area (Å²) in [6.45, 7) is 2.51. The SMILES string of the molecule is COc1ccc(C(NC(=O)C2CCCN(S(=O)(=O)c3ccc(C)s3)C2)c2ccccc2)cc1. The van der Waals surface area contributed by atoms with Crippen LogP contribution in [0.15, 0.2) is 70.9 Å². The Morgan fingerprint density at radius 3 is 2.39 bits per heavy atom. The van der Waals surface area contributed by atoms with Gasteiger partial charge in [0.2, 0.25) is 5.91 Å². The zero-order valence-corrected chi connectivity index (χ0v) is 20.4. The van der Waals surface area contributed by atoms with Crippen molar-refractivity contribution in [1.82, 2.24) is 9.62 Å². The molecule has 2 heterocycles. The first-order valence-corrected chi connectivity index (χ1v) is 13.2. The van der Waals surface area contributed by atoms with Gasteiger partial charge in [0.15, 0.2) is 0 Å². The van der Waals surface area contributed by atoms with Crippen molar-refractivity contribution in [3.05, 3.63) is 82.7 Å². The number of piperidine rings is 1. The zero-order chi connectivity index (χ0) is 23.4. The van der Waals surface area contributed by atoms with E-state index in [0.717, 1.165) is 21.8 Å². The van der Waals surface area contributed by atoms with Gasteiger partial charge < -0.3 is 10.1 Å². The maximum absolute atomic E-state index is 13.3. The Labute approximate surface area is 199 Å². The van der Waals surface area contributed by atoms with Crippen molar-refractivity contribution in [1.29, 1.82) is 0 Å². The first-order valence-electron chi connectivity index (χ1n) is 10.9. The van der Waals surface area contributed by atoms with Crippen LogP contribution in [-0.4, -0.2) is 38.8 Å². The number of thiophene rings is 1. The number of methoxy groups -OCH3 is 1. The van der Waals surface area contributed by atoms with Gasteiger partial charge in [0.05, 0.1) is 19.1 Å². The van der Waals surface area contributed by atoms with E-state index in [-0.39, 0.29) is 18.5 Å². The van der Waals surface area contributed by atoms with E-state index in [2.05, 4.69) is 5.32 Å². The lowest BCUT2D eigenvalue weighted by Gasteiger charge is -2.32. The summed E-state index contributed by atoms with van der Waals surface area (Å²) in [6, 6.07) is 20.5. The standard InChI is InChI=1S/C25H28N2O4S2/c1-18-10-15-23(32-18)33(29,30)27-16-6-9-21(17-27)25(28)26-24(19-7-4-3-5-8-19)20-11-13-22(31-2)14-12-20/h3-5,7-8,10-15,21,24H,6,9,16-17H2,1-2H3,(H,26,28). The molecule has 1 fully saturated rings. The molecule has 2 unspecified atom stereocenters. The number of ether oxygens (including phenoxy) is 1. The molecule has 1 aromatic heterocycles. The van der Waals surface area contributed by atoms with Crippen LogP contribution in [0.3, 0.4) is 0 Å². The molecule has 1 aliphatic heterocycles. The molecule has 3 aromatic rings. The molecular weight excluding hydrogens is 456 g/mol. The third kappa shape index (κ3) is 5.29. The fourth-order valence-electron chi connectivity index (χ4n) is 4.11. The van der Waals surface area contributed by atoms with Crippen molar-refractivity contribution < 1.29 is 17.9 Å². The molecule has 0 radical (unpaired) electrons. The summed E-state index contributed by atoms with van der Waals surface area (Å²) in [7, 11) is -1.97. The van der Waals surface area contributed by atoms with Crippen LogP contribution in [0.4, 0.5) is 0 Å². The predicted molar refractivity (Wildman–Crippen MR) is 130 cm³/mol. The molecule has 4 rings (SSSR count). The normalized spacial score (nSPS) is 17.9. The number of nitrogens with one attached hydrogen (secondary N) is 1. The summed E-state index contributed by atoms with van der Waals surface area (Å²) < 4.78 is 33.2. The van der Waals surface area contributed by atoms with Gasteiger partial charge in [0, 0.05) is 18.0 Å². The highest BCUT2D eigenvalue weighted by Crippen LogP contribution is 2.30. The molecule has 0 bridgehead atoms. The van der Waals surface area contributed by atoms with Gasteiger partial charge in [0.25, 0.3) is 10.0 Å². The molecular formula is C25H28N2O4S2. The highest BCUT2D eigenvalue weighted by atomic mass is 32.2. The van der Waals surface area contributed by atoms with Crippen LogP contribution >= 0.6 is 11.3 Å². The van der Waals surface area contributed by atoms with E-state index in [1.165, 1.54) is 15.6 Å². The fraction of sp³-hybridized carbons (Fsp3) is 0.320. The van der Waals surface area contributed by atoms with Crippen molar-refractivity contribution in [3.63, 3.8) is 0 Å². The molecule has 1 amide bonds. The lowest BCUT2D eigenvalue weighted by atomic mass is 9.95. The number of benzene rings is 2. The van der Waals surface area contributed by atoms with E-state index in [0.29, 0.717) is 23.6 Å². The largest absolute Gasteiger partial charge is 0.497 e. The molecule has 1 aliphatic rings. The number of nitrogens with zero attached hydrogens (tertiary/aromatic N) is 1. The molecule has 8 heteroatoms. The summed E-state index contributed by atoms with van der Waals surface area (Å²) in [5.41, 5.74) is 1.90. The summed E-state index contributed by atoms with van der Waals surface area (Å²) in [6.07, 6.45) is 1.31. The second-order valence-corrected chi connectivity index (χ2v) is 11.6. The van der Waals surface area contributed by atoms with Gasteiger partial charge in [-0.1, -0.05) is 42.5 Å². The first kappa shape index (κ1) is 23.5. The number of hydrogen-bond acceptors (Lipinski definition) is 5. The van der Waals surface area contributed by atoms with Crippen LogP contribution in [0, 0.1) is 12.8 Å². The van der Waals surface area contributed by atoms with Crippen molar-refractivity contribution in [2.45, 2.75) is 30.0 Å². The van der Waals surface area contributed by atoms with Crippen molar-refractivity contribution in [2.75, 3.05) is 20.2 Å². The minimum atomic E-state index is -3.59. The molecule has 1 N–H and O–H groups in total. The number of sulfonamides is 1. The van der Waals surface area contributed by atoms with Crippen molar-refractivity contribution >= 4 is 27.3 Å². The van der Waals surface area contributed by atoms with Crippen LogP contribution < -0.4 is 10.1 Å². The average molecular weight is 485 g/mol. The van der Waals surface area contributed by atoms with Crippen LogP contribution in [0.2, 0.25) is 0 Å². The van der Waals surface area contributed by atoms with Gasteiger partial charge in [0.1, 0.15) is 9.96 Å². The summed E-state index contributed by atoms with van der Waals surface area (Å²) in [4.78, 5) is 14.3. The van der Waals surface area contributed by atoms with E-state index in [9.17, 15) is 13.2 Å². The van der Waals surface area contributed by atoms with Gasteiger partial charge in [-0.3, -0.25) is 4.79 Å². The lowest BCUT2D eigenvalue weighted by Crippen LogP contribution is -2.46. The monoisotopic (exact) mass is 484 g/mol. The second kappa shape index (κ2) is 10.1. The summed E-state index contributed by atoms with van der Waals surface area (Å²) in [5, 5.41) is 3.17. The molecule has 2 atom stereocenters. The highest BCUT2D eigenvalue weighted by Gasteiger charge is 2.34. The quantitative estimate of drug-likeness (QED) is 0.540. The first-order chi connectivity index (χ1) is 15.9. The number of aryl methyl sites for hydroxylation is 1. The Balaban J connectivity index is 1.53. The number of carbonyl (C=O) groups is 1. The Kier molecular flexibility index (Phi) is 7.17. The molecule has 0 aliphatic carbocycles. The van der Waals surface area contributed by atoms with Gasteiger partial charge in [-0.2, -0.15) is 4.31 Å². The van der Waals surface area contributed by atoms with Crippen LogP contribution in [-0.2, 0) is 14.8 Å². The Bertz CT molecular complexity index is 1190. The van der Waals surface area contributed by atoms with E-state index < -0.39 is 15.9 Å². The average Bonchev–Trinajstić information content (AvgIpc) is 3.30. The zero-order valence-electron chi connectivity index (χ0n) is 18.7. The molecule has 2 aromatic carbocycles. The van der Waals surface area contributed by atoms with Gasteiger partial charge in [-0.05, 0) is 55.2 Å². The Morgan fingerprint density at radius 1 is 1.06 bits per heavy atom. The van der Waals surface area contributed by atoms with Gasteiger partial charge in [-0.25, -0.2) is 8.42 Å². The van der Waals surface area contributed by atoms with E-state index >= 15 is 0 Å². The summed E-state index contributed by atoms with van der Waals surface area (Å²) in [5.74, 6) is 0.204. The highest BCUT2D eigenvalue weighted by molar-refractivity contribution is 7.91. The Hall–Kier alpha value is -2.68. The molecule has 0 spiro atoms. The maximum Gasteiger partial charge on any atom is 0.252 e. The van der Waals surface area contributed by atoms with E-state index in [4.69, 9.17) is 4.74 Å². The molecule has 174 valence electrons. The third-order valence-electron chi connectivity index (χ3n) is 5.93. The van der Waals surface area contributed by atoms with Gasteiger partial charge >= 0.3 is 0 Å². The van der Waals surface area contributed by atoms with Crippen molar-refractivity contribution in [3.8, 4) is 5.75 Å². The predicted octanol–water partition coefficient (Wildman–Crippen LogP) is 4.37.